The van der Waals surface area contributed by atoms with E-state index in [1.807, 2.05) is 6.92 Å². The molecule has 8 nitrogen and oxygen atoms in total. The van der Waals surface area contributed by atoms with Crippen LogP contribution in [0.2, 0.25) is 0 Å². The molecule has 0 spiro atoms. The summed E-state index contributed by atoms with van der Waals surface area (Å²) in [5.41, 5.74) is 0.415. The van der Waals surface area contributed by atoms with Crippen LogP contribution in [-0.4, -0.2) is 54.8 Å². The van der Waals surface area contributed by atoms with Gasteiger partial charge >= 0.3 is 11.9 Å². The van der Waals surface area contributed by atoms with Crippen LogP contribution in [0.1, 0.15) is 64.7 Å². The zero-order valence-electron chi connectivity index (χ0n) is 19.5. The van der Waals surface area contributed by atoms with Crippen LogP contribution in [0.25, 0.3) is 0 Å². The van der Waals surface area contributed by atoms with E-state index in [4.69, 9.17) is 9.47 Å². The molecule has 0 radical (unpaired) electrons. The highest BCUT2D eigenvalue weighted by Gasteiger charge is 2.35. The highest BCUT2D eigenvalue weighted by Crippen LogP contribution is 2.31. The smallest absolute Gasteiger partial charge is 0.323 e. The number of esters is 1. The lowest BCUT2D eigenvalue weighted by molar-refractivity contribution is -0.147. The summed E-state index contributed by atoms with van der Waals surface area (Å²) in [4.78, 5) is 38.9. The van der Waals surface area contributed by atoms with Crippen LogP contribution in [0, 0.1) is 5.92 Å². The van der Waals surface area contributed by atoms with Gasteiger partial charge in [0, 0.05) is 0 Å². The maximum Gasteiger partial charge on any atom is 0.323 e. The minimum absolute atomic E-state index is 0.00807. The number of rotatable bonds is 11. The molecular formula is C25H36N2O6. The molecule has 1 fully saturated rings. The Morgan fingerprint density at radius 3 is 2.73 bits per heavy atom. The Hall–Kier alpha value is -2.61. The van der Waals surface area contributed by atoms with E-state index in [2.05, 4.69) is 5.32 Å². The molecule has 1 aromatic rings. The average Bonchev–Trinajstić information content (AvgIpc) is 2.94. The first kappa shape index (κ1) is 25.0. The van der Waals surface area contributed by atoms with Gasteiger partial charge in [-0.1, -0.05) is 57.6 Å². The van der Waals surface area contributed by atoms with Gasteiger partial charge in [-0.3, -0.25) is 24.6 Å². The van der Waals surface area contributed by atoms with Crippen molar-refractivity contribution in [3.8, 4) is 5.75 Å². The van der Waals surface area contributed by atoms with Gasteiger partial charge in [-0.05, 0) is 37.3 Å². The van der Waals surface area contributed by atoms with Crippen molar-refractivity contribution in [3.63, 3.8) is 0 Å². The molecule has 0 saturated heterocycles. The summed E-state index contributed by atoms with van der Waals surface area (Å²) in [6, 6.07) is 5.38. The van der Waals surface area contributed by atoms with E-state index >= 15 is 0 Å². The molecule has 2 N–H and O–H groups in total. The molecule has 0 aromatic heterocycles. The number of aliphatic carboxylic acids is 1. The maximum absolute atomic E-state index is 13.3. The summed E-state index contributed by atoms with van der Waals surface area (Å²) in [5, 5.41) is 12.5. The number of hydrogen-bond donors (Lipinski definition) is 2. The Labute approximate surface area is 195 Å². The molecule has 2 atom stereocenters. The van der Waals surface area contributed by atoms with Crippen LogP contribution in [0.3, 0.4) is 0 Å². The molecule has 1 heterocycles. The van der Waals surface area contributed by atoms with E-state index in [1.54, 1.807) is 24.3 Å². The largest absolute Gasteiger partial charge is 0.489 e. The van der Waals surface area contributed by atoms with E-state index in [9.17, 15) is 19.5 Å². The highest BCUT2D eigenvalue weighted by molar-refractivity contribution is 6.02. The van der Waals surface area contributed by atoms with Crippen molar-refractivity contribution >= 4 is 23.5 Å². The van der Waals surface area contributed by atoms with Gasteiger partial charge in [-0.25, -0.2) is 0 Å². The third-order valence-corrected chi connectivity index (χ3v) is 6.44. The molecule has 0 bridgehead atoms. The molecule has 1 saturated carbocycles. The van der Waals surface area contributed by atoms with Gasteiger partial charge in [0.2, 0.25) is 5.91 Å². The van der Waals surface area contributed by atoms with E-state index < -0.39 is 30.5 Å². The molecule has 33 heavy (non-hydrogen) atoms. The van der Waals surface area contributed by atoms with Crippen LogP contribution < -0.4 is 15.0 Å². The van der Waals surface area contributed by atoms with Crippen molar-refractivity contribution < 1.29 is 29.0 Å². The molecule has 1 unspecified atom stereocenters. The van der Waals surface area contributed by atoms with Crippen molar-refractivity contribution in [1.29, 1.82) is 0 Å². The molecule has 1 aliphatic heterocycles. The number of para-hydroxylation sites is 2. The summed E-state index contributed by atoms with van der Waals surface area (Å²) in [6.45, 7) is 1.91. The first-order valence-corrected chi connectivity index (χ1v) is 12.2. The predicted octanol–water partition coefficient (Wildman–Crippen LogP) is 3.53. The number of fused-ring (bicyclic) bond motifs is 1. The van der Waals surface area contributed by atoms with Crippen molar-refractivity contribution in [2.75, 3.05) is 24.7 Å². The van der Waals surface area contributed by atoms with Gasteiger partial charge in [0.1, 0.15) is 31.0 Å². The number of amides is 1. The fourth-order valence-corrected chi connectivity index (χ4v) is 4.58. The Bertz CT molecular complexity index is 808. The monoisotopic (exact) mass is 460 g/mol. The van der Waals surface area contributed by atoms with Gasteiger partial charge in [0.05, 0.1) is 12.3 Å². The SMILES string of the molecule is CCCCOC(=O)C(CCC1CCCCC1)N[C@H]1COc2ccccc2N(CC(=O)O)C1=O. The van der Waals surface area contributed by atoms with Gasteiger partial charge in [0.15, 0.2) is 0 Å². The summed E-state index contributed by atoms with van der Waals surface area (Å²) >= 11 is 0. The first-order chi connectivity index (χ1) is 16.0. The maximum atomic E-state index is 13.3. The number of benzene rings is 1. The minimum Gasteiger partial charge on any atom is -0.489 e. The highest BCUT2D eigenvalue weighted by atomic mass is 16.5. The van der Waals surface area contributed by atoms with Gasteiger partial charge < -0.3 is 14.6 Å². The van der Waals surface area contributed by atoms with Crippen LogP contribution >= 0.6 is 0 Å². The van der Waals surface area contributed by atoms with E-state index in [1.165, 1.54) is 37.0 Å². The Morgan fingerprint density at radius 2 is 2.00 bits per heavy atom. The molecule has 1 aromatic carbocycles. The number of carbonyl (C=O) groups excluding carboxylic acids is 2. The number of carbonyl (C=O) groups is 3. The van der Waals surface area contributed by atoms with Crippen LogP contribution in [0.4, 0.5) is 5.69 Å². The number of nitrogens with one attached hydrogen (secondary N) is 1. The van der Waals surface area contributed by atoms with E-state index in [-0.39, 0.29) is 12.6 Å². The number of anilines is 1. The summed E-state index contributed by atoms with van der Waals surface area (Å²) in [5.74, 6) is -0.877. The Balaban J connectivity index is 1.74. The molecule has 3 rings (SSSR count). The summed E-state index contributed by atoms with van der Waals surface area (Å²) in [7, 11) is 0. The third kappa shape index (κ3) is 7.19. The predicted molar refractivity (Wildman–Crippen MR) is 124 cm³/mol. The molecule has 1 aliphatic carbocycles. The molecule has 8 heteroatoms. The van der Waals surface area contributed by atoms with Crippen LogP contribution in [-0.2, 0) is 19.1 Å². The van der Waals surface area contributed by atoms with Crippen LogP contribution in [0.15, 0.2) is 24.3 Å². The zero-order chi connectivity index (χ0) is 23.6. The van der Waals surface area contributed by atoms with Crippen molar-refractivity contribution in [2.45, 2.75) is 76.8 Å². The lowest BCUT2D eigenvalue weighted by atomic mass is 9.85. The molecule has 182 valence electrons. The van der Waals surface area contributed by atoms with Gasteiger partial charge in [-0.2, -0.15) is 0 Å². The molecule has 2 aliphatic rings. The minimum atomic E-state index is -1.12. The summed E-state index contributed by atoms with van der Waals surface area (Å²) < 4.78 is 11.3. The normalized spacial score (nSPS) is 19.8. The number of ether oxygens (including phenoxy) is 2. The zero-order valence-corrected chi connectivity index (χ0v) is 19.5. The fourth-order valence-electron chi connectivity index (χ4n) is 4.58. The van der Waals surface area contributed by atoms with Gasteiger partial charge in [-0.15, -0.1) is 0 Å². The van der Waals surface area contributed by atoms with E-state index in [0.717, 1.165) is 19.3 Å². The first-order valence-electron chi connectivity index (χ1n) is 12.2. The lowest BCUT2D eigenvalue weighted by Crippen LogP contribution is -2.55. The van der Waals surface area contributed by atoms with Gasteiger partial charge in [0.25, 0.3) is 0 Å². The second-order valence-electron chi connectivity index (χ2n) is 8.97. The lowest BCUT2D eigenvalue weighted by Gasteiger charge is -2.28. The summed E-state index contributed by atoms with van der Waals surface area (Å²) in [6.07, 6.45) is 9.23. The molecule has 1 amide bonds. The number of nitrogens with zero attached hydrogens (tertiary/aromatic N) is 1. The second-order valence-corrected chi connectivity index (χ2v) is 8.97. The van der Waals surface area contributed by atoms with E-state index in [0.29, 0.717) is 30.4 Å². The molecular weight excluding hydrogens is 424 g/mol. The number of hydrogen-bond acceptors (Lipinski definition) is 6. The number of carboxylic acid groups (broad SMARTS) is 1. The third-order valence-electron chi connectivity index (χ3n) is 6.44. The van der Waals surface area contributed by atoms with Crippen molar-refractivity contribution in [1.82, 2.24) is 5.32 Å². The number of unbranched alkanes of at least 4 members (excludes halogenated alkanes) is 1. The Morgan fingerprint density at radius 1 is 1.24 bits per heavy atom. The standard InChI is InChI=1S/C25H36N2O6/c1-2-3-15-32-25(31)19(14-13-18-9-5-4-6-10-18)26-20-17-33-22-12-8-7-11-21(22)27(24(20)30)16-23(28)29/h7-8,11-12,18-20,26H,2-6,9-10,13-17H2,1H3,(H,28,29)/t19?,20-/m0/s1. The second kappa shape index (κ2) is 12.6. The fraction of sp³-hybridized carbons (Fsp3) is 0.640. The van der Waals surface area contributed by atoms with Crippen molar-refractivity contribution in [3.05, 3.63) is 24.3 Å². The van der Waals surface area contributed by atoms with Crippen molar-refractivity contribution in [2.24, 2.45) is 5.92 Å². The van der Waals surface area contributed by atoms with Crippen LogP contribution in [0.5, 0.6) is 5.75 Å². The topological polar surface area (TPSA) is 105 Å². The average molecular weight is 461 g/mol. The quantitative estimate of drug-likeness (QED) is 0.384. The Kier molecular flexibility index (Phi) is 9.54. The number of carboxylic acids is 1.